The fraction of sp³-hybridized carbons (Fsp3) is 0.364. The zero-order valence-corrected chi connectivity index (χ0v) is 9.38. The number of anilines is 2. The summed E-state index contributed by atoms with van der Waals surface area (Å²) in [5.41, 5.74) is 1.26. The normalized spacial score (nSPS) is 16.1. The predicted octanol–water partition coefficient (Wildman–Crippen LogP) is 0.703. The standard InChI is InChI=1S/C11H13N3O3/c1-2-8(11(16)17)14-6-10(15)13-7-5-12-4-3-9(7)14/h3-5,8H,2,6H2,1H3,(H,13,15)(H,16,17). The minimum atomic E-state index is -0.926. The lowest BCUT2D eigenvalue weighted by Crippen LogP contribution is -2.48. The van der Waals surface area contributed by atoms with E-state index in [9.17, 15) is 9.59 Å². The summed E-state index contributed by atoms with van der Waals surface area (Å²) in [5, 5.41) is 11.8. The summed E-state index contributed by atoms with van der Waals surface area (Å²) in [7, 11) is 0. The molecule has 0 fully saturated rings. The third-order valence-electron chi connectivity index (χ3n) is 2.74. The van der Waals surface area contributed by atoms with Gasteiger partial charge in [0.1, 0.15) is 6.04 Å². The molecule has 1 unspecified atom stereocenters. The van der Waals surface area contributed by atoms with Gasteiger partial charge in [-0.15, -0.1) is 0 Å². The molecule has 1 aliphatic rings. The molecule has 6 nitrogen and oxygen atoms in total. The molecule has 2 heterocycles. The number of nitrogens with zero attached hydrogens (tertiary/aromatic N) is 2. The summed E-state index contributed by atoms with van der Waals surface area (Å²) in [6, 6.07) is 1.02. The molecule has 0 saturated carbocycles. The van der Waals surface area contributed by atoms with Crippen molar-refractivity contribution >= 4 is 23.3 Å². The number of nitrogens with one attached hydrogen (secondary N) is 1. The van der Waals surface area contributed by atoms with Crippen molar-refractivity contribution in [2.75, 3.05) is 16.8 Å². The fourth-order valence-corrected chi connectivity index (χ4v) is 1.97. The lowest BCUT2D eigenvalue weighted by Gasteiger charge is -2.34. The summed E-state index contributed by atoms with van der Waals surface area (Å²) < 4.78 is 0. The molecule has 0 radical (unpaired) electrons. The third kappa shape index (κ3) is 2.06. The molecule has 90 valence electrons. The molecule has 2 rings (SSSR count). The minimum absolute atomic E-state index is 0.0574. The Morgan fingerprint density at radius 2 is 2.47 bits per heavy atom. The second-order valence-corrected chi connectivity index (χ2v) is 3.83. The number of carbonyl (C=O) groups excluding carboxylic acids is 1. The Morgan fingerprint density at radius 1 is 1.71 bits per heavy atom. The molecule has 1 aliphatic heterocycles. The van der Waals surface area contributed by atoms with Crippen molar-refractivity contribution in [1.29, 1.82) is 0 Å². The molecular formula is C11H13N3O3. The molecule has 0 aromatic carbocycles. The van der Waals surface area contributed by atoms with E-state index in [0.717, 1.165) is 0 Å². The van der Waals surface area contributed by atoms with E-state index in [0.29, 0.717) is 17.8 Å². The highest BCUT2D eigenvalue weighted by Crippen LogP contribution is 2.30. The molecule has 17 heavy (non-hydrogen) atoms. The summed E-state index contributed by atoms with van der Waals surface area (Å²) >= 11 is 0. The van der Waals surface area contributed by atoms with Crippen LogP contribution in [0.5, 0.6) is 0 Å². The molecular weight excluding hydrogens is 222 g/mol. The second-order valence-electron chi connectivity index (χ2n) is 3.83. The van der Waals surface area contributed by atoms with Gasteiger partial charge < -0.3 is 15.3 Å². The highest BCUT2D eigenvalue weighted by Gasteiger charge is 2.30. The fourth-order valence-electron chi connectivity index (χ4n) is 1.97. The van der Waals surface area contributed by atoms with Crippen molar-refractivity contribution in [3.8, 4) is 0 Å². The van der Waals surface area contributed by atoms with Crippen LogP contribution in [0, 0.1) is 0 Å². The van der Waals surface area contributed by atoms with E-state index in [-0.39, 0.29) is 12.5 Å². The first-order chi connectivity index (χ1) is 8.13. The first-order valence-corrected chi connectivity index (χ1v) is 5.36. The maximum absolute atomic E-state index is 11.5. The van der Waals surface area contributed by atoms with Crippen molar-refractivity contribution in [2.45, 2.75) is 19.4 Å². The Hall–Kier alpha value is -2.11. The molecule has 1 atom stereocenters. The number of rotatable bonds is 3. The number of hydrogen-bond acceptors (Lipinski definition) is 4. The van der Waals surface area contributed by atoms with Gasteiger partial charge in [0.05, 0.1) is 24.1 Å². The lowest BCUT2D eigenvalue weighted by molar-refractivity contribution is -0.138. The Morgan fingerprint density at radius 3 is 3.12 bits per heavy atom. The van der Waals surface area contributed by atoms with Crippen LogP contribution in [0.1, 0.15) is 13.3 Å². The van der Waals surface area contributed by atoms with Gasteiger partial charge in [-0.05, 0) is 12.5 Å². The van der Waals surface area contributed by atoms with E-state index < -0.39 is 12.0 Å². The number of carboxylic acids is 1. The van der Waals surface area contributed by atoms with Gasteiger partial charge in [0.2, 0.25) is 5.91 Å². The number of aliphatic carboxylic acids is 1. The smallest absolute Gasteiger partial charge is 0.326 e. The van der Waals surface area contributed by atoms with E-state index in [4.69, 9.17) is 5.11 Å². The van der Waals surface area contributed by atoms with Gasteiger partial charge in [-0.3, -0.25) is 9.78 Å². The van der Waals surface area contributed by atoms with Crippen molar-refractivity contribution in [1.82, 2.24) is 4.98 Å². The number of hydrogen-bond donors (Lipinski definition) is 2. The highest BCUT2D eigenvalue weighted by atomic mass is 16.4. The first kappa shape index (κ1) is 11.4. The van der Waals surface area contributed by atoms with E-state index in [2.05, 4.69) is 10.3 Å². The third-order valence-corrected chi connectivity index (χ3v) is 2.74. The van der Waals surface area contributed by atoms with E-state index >= 15 is 0 Å². The van der Waals surface area contributed by atoms with Crippen molar-refractivity contribution in [3.05, 3.63) is 18.5 Å². The van der Waals surface area contributed by atoms with Gasteiger partial charge in [0, 0.05) is 6.20 Å². The average Bonchev–Trinajstić information content (AvgIpc) is 2.29. The zero-order chi connectivity index (χ0) is 12.4. The summed E-state index contributed by atoms with van der Waals surface area (Å²) in [5.74, 6) is -1.14. The number of fused-ring (bicyclic) bond motifs is 1. The van der Waals surface area contributed by atoms with E-state index in [1.54, 1.807) is 24.1 Å². The van der Waals surface area contributed by atoms with Crippen LogP contribution in [0.4, 0.5) is 11.4 Å². The minimum Gasteiger partial charge on any atom is -0.480 e. The largest absolute Gasteiger partial charge is 0.480 e. The van der Waals surface area contributed by atoms with Gasteiger partial charge in [-0.25, -0.2) is 4.79 Å². The highest BCUT2D eigenvalue weighted by molar-refractivity contribution is 6.02. The number of aromatic nitrogens is 1. The molecule has 2 N–H and O–H groups in total. The Balaban J connectivity index is 2.41. The Bertz CT molecular complexity index is 461. The van der Waals surface area contributed by atoms with Crippen LogP contribution in [0.15, 0.2) is 18.5 Å². The maximum Gasteiger partial charge on any atom is 0.326 e. The average molecular weight is 235 g/mol. The molecule has 0 saturated heterocycles. The number of carboxylic acid groups (broad SMARTS) is 1. The first-order valence-electron chi connectivity index (χ1n) is 5.36. The van der Waals surface area contributed by atoms with Crippen LogP contribution >= 0.6 is 0 Å². The quantitative estimate of drug-likeness (QED) is 0.806. The zero-order valence-electron chi connectivity index (χ0n) is 9.38. The molecule has 1 aromatic rings. The van der Waals surface area contributed by atoms with Crippen molar-refractivity contribution in [3.63, 3.8) is 0 Å². The monoisotopic (exact) mass is 235 g/mol. The summed E-state index contributed by atoms with van der Waals surface area (Å²) in [4.78, 5) is 28.2. The molecule has 1 amide bonds. The van der Waals surface area contributed by atoms with Crippen LogP contribution < -0.4 is 10.2 Å². The number of carbonyl (C=O) groups is 2. The van der Waals surface area contributed by atoms with Gasteiger partial charge in [-0.2, -0.15) is 0 Å². The molecule has 0 bridgehead atoms. The van der Waals surface area contributed by atoms with Gasteiger partial charge in [-0.1, -0.05) is 6.92 Å². The van der Waals surface area contributed by atoms with Crippen LogP contribution in [0.25, 0.3) is 0 Å². The molecule has 6 heteroatoms. The Kier molecular flexibility index (Phi) is 2.95. The van der Waals surface area contributed by atoms with Crippen LogP contribution in [0.3, 0.4) is 0 Å². The molecule has 0 aliphatic carbocycles. The predicted molar refractivity (Wildman–Crippen MR) is 61.9 cm³/mol. The number of amides is 1. The van der Waals surface area contributed by atoms with Gasteiger partial charge in [0.25, 0.3) is 0 Å². The SMILES string of the molecule is CCC(C(=O)O)N1CC(=O)Nc2cnccc21. The maximum atomic E-state index is 11.5. The van der Waals surface area contributed by atoms with Crippen molar-refractivity contribution in [2.24, 2.45) is 0 Å². The topological polar surface area (TPSA) is 82.5 Å². The van der Waals surface area contributed by atoms with E-state index in [1.165, 1.54) is 6.20 Å². The lowest BCUT2D eigenvalue weighted by atomic mass is 10.1. The van der Waals surface area contributed by atoms with E-state index in [1.807, 2.05) is 0 Å². The van der Waals surface area contributed by atoms with Crippen LogP contribution in [-0.2, 0) is 9.59 Å². The molecule has 1 aromatic heterocycles. The summed E-state index contributed by atoms with van der Waals surface area (Å²) in [6.07, 6.45) is 3.54. The number of pyridine rings is 1. The van der Waals surface area contributed by atoms with Crippen molar-refractivity contribution < 1.29 is 14.7 Å². The van der Waals surface area contributed by atoms with Gasteiger partial charge >= 0.3 is 5.97 Å². The van der Waals surface area contributed by atoms with Crippen LogP contribution in [0.2, 0.25) is 0 Å². The molecule has 0 spiro atoms. The Labute approximate surface area is 98.3 Å². The van der Waals surface area contributed by atoms with Crippen LogP contribution in [-0.4, -0.2) is 34.6 Å². The summed E-state index contributed by atoms with van der Waals surface area (Å²) in [6.45, 7) is 1.84. The second kappa shape index (κ2) is 4.40. The van der Waals surface area contributed by atoms with Gasteiger partial charge in [0.15, 0.2) is 0 Å².